The van der Waals surface area contributed by atoms with Crippen LogP contribution < -0.4 is 5.32 Å². The summed E-state index contributed by atoms with van der Waals surface area (Å²) in [4.78, 5) is 0. The van der Waals surface area contributed by atoms with E-state index in [1.165, 1.54) is 11.3 Å². The minimum absolute atomic E-state index is 0.270. The smallest absolute Gasteiger partial charge is 0.147 e. The van der Waals surface area contributed by atoms with Crippen molar-refractivity contribution in [3.05, 3.63) is 29.8 Å². The lowest BCUT2D eigenvalue weighted by Crippen LogP contribution is -2.30. The van der Waals surface area contributed by atoms with Gasteiger partial charge in [0.15, 0.2) is 0 Å². The first-order valence-electron chi connectivity index (χ1n) is 6.29. The normalized spacial score (nSPS) is 20.5. The monoisotopic (exact) mass is 235 g/mol. The minimum atomic E-state index is 0.270. The lowest BCUT2D eigenvalue weighted by Gasteiger charge is -2.23. The van der Waals surface area contributed by atoms with Gasteiger partial charge in [0.1, 0.15) is 6.79 Å². The average molecular weight is 235 g/mol. The zero-order valence-corrected chi connectivity index (χ0v) is 10.6. The molecule has 2 rings (SSSR count). The zero-order valence-electron chi connectivity index (χ0n) is 10.6. The van der Waals surface area contributed by atoms with Crippen molar-refractivity contribution >= 4 is 5.69 Å². The molecule has 1 atom stereocenters. The van der Waals surface area contributed by atoms with Crippen LogP contribution in [0.4, 0.5) is 5.69 Å². The molecule has 3 heteroatoms. The van der Waals surface area contributed by atoms with Gasteiger partial charge >= 0.3 is 0 Å². The Labute approximate surface area is 103 Å². The summed E-state index contributed by atoms with van der Waals surface area (Å²) in [6, 6.07) is 8.58. The predicted molar refractivity (Wildman–Crippen MR) is 69.3 cm³/mol. The van der Waals surface area contributed by atoms with Gasteiger partial charge in [0, 0.05) is 12.2 Å². The third-order valence-electron chi connectivity index (χ3n) is 3.06. The Morgan fingerprint density at radius 2 is 2.29 bits per heavy atom. The molecule has 0 saturated carbocycles. The molecule has 1 heterocycles. The van der Waals surface area contributed by atoms with E-state index in [-0.39, 0.29) is 6.10 Å². The van der Waals surface area contributed by atoms with Gasteiger partial charge in [0.2, 0.25) is 0 Å². The van der Waals surface area contributed by atoms with Crippen LogP contribution in [0.15, 0.2) is 24.3 Å². The van der Waals surface area contributed by atoms with Gasteiger partial charge in [-0.15, -0.1) is 0 Å². The molecule has 1 aromatic carbocycles. The van der Waals surface area contributed by atoms with E-state index < -0.39 is 0 Å². The van der Waals surface area contributed by atoms with Gasteiger partial charge < -0.3 is 14.8 Å². The molecule has 0 bridgehead atoms. The summed E-state index contributed by atoms with van der Waals surface area (Å²) in [5.74, 6) is 0.566. The molecule has 0 aromatic heterocycles. The second-order valence-electron chi connectivity index (χ2n) is 4.76. The molecule has 1 aliphatic rings. The van der Waals surface area contributed by atoms with E-state index in [4.69, 9.17) is 9.47 Å². The molecule has 1 fully saturated rings. The Balaban J connectivity index is 1.87. The van der Waals surface area contributed by atoms with Crippen LogP contribution in [0, 0.1) is 0 Å². The van der Waals surface area contributed by atoms with Gasteiger partial charge in [-0.2, -0.15) is 0 Å². The Hall–Kier alpha value is -1.06. The van der Waals surface area contributed by atoms with Crippen LogP contribution in [-0.4, -0.2) is 26.0 Å². The highest BCUT2D eigenvalue weighted by molar-refractivity contribution is 5.46. The fourth-order valence-electron chi connectivity index (χ4n) is 1.90. The van der Waals surface area contributed by atoms with Gasteiger partial charge in [-0.3, -0.25) is 0 Å². The molecule has 1 aliphatic heterocycles. The number of hydrogen-bond acceptors (Lipinski definition) is 3. The first-order valence-corrected chi connectivity index (χ1v) is 6.29. The molecule has 1 unspecified atom stereocenters. The van der Waals surface area contributed by atoms with Gasteiger partial charge in [0.25, 0.3) is 0 Å². The van der Waals surface area contributed by atoms with E-state index in [9.17, 15) is 0 Å². The maximum Gasteiger partial charge on any atom is 0.147 e. The number of rotatable bonds is 4. The topological polar surface area (TPSA) is 30.5 Å². The van der Waals surface area contributed by atoms with Crippen molar-refractivity contribution in [2.45, 2.75) is 32.3 Å². The summed E-state index contributed by atoms with van der Waals surface area (Å²) in [7, 11) is 0. The molecule has 0 amide bonds. The van der Waals surface area contributed by atoms with E-state index in [2.05, 4.69) is 43.4 Å². The fraction of sp³-hybridized carbons (Fsp3) is 0.571. The molecule has 17 heavy (non-hydrogen) atoms. The first kappa shape index (κ1) is 12.4. The number of benzene rings is 1. The number of nitrogens with one attached hydrogen (secondary N) is 1. The van der Waals surface area contributed by atoms with E-state index in [1.54, 1.807) is 0 Å². The van der Waals surface area contributed by atoms with Crippen LogP contribution in [0.2, 0.25) is 0 Å². The summed E-state index contributed by atoms with van der Waals surface area (Å²) < 4.78 is 10.6. The highest BCUT2D eigenvalue weighted by Crippen LogP contribution is 2.18. The highest BCUT2D eigenvalue weighted by Gasteiger charge is 2.13. The summed E-state index contributed by atoms with van der Waals surface area (Å²) in [5, 5.41) is 3.43. The summed E-state index contributed by atoms with van der Waals surface area (Å²) in [6.45, 7) is 6.50. The first-order chi connectivity index (χ1) is 8.25. The lowest BCUT2D eigenvalue weighted by atomic mass is 10.0. The largest absolute Gasteiger partial charge is 0.382 e. The lowest BCUT2D eigenvalue weighted by molar-refractivity contribution is -0.133. The Bertz CT molecular complexity index is 346. The van der Waals surface area contributed by atoms with Crippen molar-refractivity contribution in [1.82, 2.24) is 0 Å². The van der Waals surface area contributed by atoms with Crippen LogP contribution in [0.1, 0.15) is 31.7 Å². The molecular weight excluding hydrogens is 214 g/mol. The van der Waals surface area contributed by atoms with Crippen LogP contribution in [0.25, 0.3) is 0 Å². The predicted octanol–water partition coefficient (Wildman–Crippen LogP) is 2.98. The Morgan fingerprint density at radius 1 is 1.41 bits per heavy atom. The molecule has 1 saturated heterocycles. The van der Waals surface area contributed by atoms with Crippen molar-refractivity contribution in [2.75, 3.05) is 25.3 Å². The van der Waals surface area contributed by atoms with Crippen molar-refractivity contribution in [2.24, 2.45) is 0 Å². The maximum atomic E-state index is 5.49. The van der Waals surface area contributed by atoms with Crippen LogP contribution in [-0.2, 0) is 9.47 Å². The molecule has 0 aliphatic carbocycles. The van der Waals surface area contributed by atoms with Gasteiger partial charge in [-0.1, -0.05) is 26.0 Å². The quantitative estimate of drug-likeness (QED) is 0.870. The summed E-state index contributed by atoms with van der Waals surface area (Å²) in [6.07, 6.45) is 1.24. The molecule has 3 nitrogen and oxygen atoms in total. The summed E-state index contributed by atoms with van der Waals surface area (Å²) >= 11 is 0. The molecule has 94 valence electrons. The second-order valence-corrected chi connectivity index (χ2v) is 4.76. The van der Waals surface area contributed by atoms with Crippen LogP contribution in [0.3, 0.4) is 0 Å². The molecule has 0 radical (unpaired) electrons. The highest BCUT2D eigenvalue weighted by atomic mass is 16.7. The van der Waals surface area contributed by atoms with Crippen molar-refractivity contribution in [3.63, 3.8) is 0 Å². The van der Waals surface area contributed by atoms with Gasteiger partial charge in [-0.25, -0.2) is 0 Å². The molecule has 1 aromatic rings. The van der Waals surface area contributed by atoms with Crippen molar-refractivity contribution < 1.29 is 9.47 Å². The molecular formula is C14H21NO2. The van der Waals surface area contributed by atoms with E-state index in [0.29, 0.717) is 12.7 Å². The van der Waals surface area contributed by atoms with E-state index >= 15 is 0 Å². The standard InChI is InChI=1S/C14H21NO2/c1-11(2)12-4-3-5-13(8-12)15-9-14-6-7-16-10-17-14/h3-5,8,11,14-15H,6-7,9-10H2,1-2H3. The van der Waals surface area contributed by atoms with Crippen LogP contribution >= 0.6 is 0 Å². The maximum absolute atomic E-state index is 5.49. The third-order valence-corrected chi connectivity index (χ3v) is 3.06. The minimum Gasteiger partial charge on any atom is -0.382 e. The van der Waals surface area contributed by atoms with Gasteiger partial charge in [-0.05, 0) is 30.0 Å². The van der Waals surface area contributed by atoms with Crippen molar-refractivity contribution in [3.8, 4) is 0 Å². The zero-order chi connectivity index (χ0) is 12.1. The average Bonchev–Trinajstić information content (AvgIpc) is 2.38. The third kappa shape index (κ3) is 3.72. The number of hydrogen-bond donors (Lipinski definition) is 1. The Morgan fingerprint density at radius 3 is 3.00 bits per heavy atom. The van der Waals surface area contributed by atoms with E-state index in [0.717, 1.165) is 19.6 Å². The van der Waals surface area contributed by atoms with Crippen LogP contribution in [0.5, 0.6) is 0 Å². The molecule has 1 N–H and O–H groups in total. The summed E-state index contributed by atoms with van der Waals surface area (Å²) in [5.41, 5.74) is 2.54. The second kappa shape index (κ2) is 6.03. The van der Waals surface area contributed by atoms with Crippen molar-refractivity contribution in [1.29, 1.82) is 0 Å². The fourth-order valence-corrected chi connectivity index (χ4v) is 1.90. The van der Waals surface area contributed by atoms with E-state index in [1.807, 2.05) is 0 Å². The number of anilines is 1. The Kier molecular flexibility index (Phi) is 4.40. The molecule has 0 spiro atoms. The number of ether oxygens (including phenoxy) is 2. The SMILES string of the molecule is CC(C)c1cccc(NCC2CCOCO2)c1. The van der Waals surface area contributed by atoms with Gasteiger partial charge in [0.05, 0.1) is 12.7 Å².